The molecule has 0 spiro atoms. The van der Waals surface area contributed by atoms with Gasteiger partial charge >= 0.3 is 0 Å². The minimum Gasteiger partial charge on any atom is -0.312 e. The molecule has 0 aliphatic rings. The zero-order valence-corrected chi connectivity index (χ0v) is 11.5. The first kappa shape index (κ1) is 15.4. The van der Waals surface area contributed by atoms with E-state index in [-0.39, 0.29) is 0 Å². The Morgan fingerprint density at radius 3 is 2.44 bits per heavy atom. The van der Waals surface area contributed by atoms with Crippen molar-refractivity contribution in [3.05, 3.63) is 0 Å². The van der Waals surface area contributed by atoms with Crippen LogP contribution in [0.1, 0.15) is 66.2 Å². The Bertz CT molecular complexity index is 203. The quantitative estimate of drug-likeness (QED) is 0.603. The Labute approximate surface area is 101 Å². The van der Waals surface area contributed by atoms with E-state index in [1.54, 1.807) is 0 Å². The van der Waals surface area contributed by atoms with Gasteiger partial charge in [-0.3, -0.25) is 0 Å². The Hall–Kier alpha value is -0.550. The molecule has 0 aromatic rings. The van der Waals surface area contributed by atoms with Crippen molar-refractivity contribution in [2.24, 2.45) is 5.41 Å². The smallest absolute Gasteiger partial charge is 0.0638 e. The molecule has 1 unspecified atom stereocenters. The van der Waals surface area contributed by atoms with Gasteiger partial charge in [0.15, 0.2) is 0 Å². The minimum atomic E-state index is 0.359. The van der Waals surface area contributed by atoms with Crippen molar-refractivity contribution in [3.8, 4) is 6.07 Å². The average Bonchev–Trinajstić information content (AvgIpc) is 2.24. The Morgan fingerprint density at radius 2 is 1.94 bits per heavy atom. The molecule has 0 radical (unpaired) electrons. The molecule has 0 aliphatic carbocycles. The monoisotopic (exact) mass is 224 g/mol. The number of hydrogen-bond donors (Lipinski definition) is 1. The van der Waals surface area contributed by atoms with Crippen molar-refractivity contribution < 1.29 is 0 Å². The maximum absolute atomic E-state index is 8.68. The van der Waals surface area contributed by atoms with Crippen LogP contribution in [-0.2, 0) is 0 Å². The predicted octanol–water partition coefficient (Wildman–Crippen LogP) is 3.87. The third-order valence-electron chi connectivity index (χ3n) is 3.16. The van der Waals surface area contributed by atoms with Crippen molar-refractivity contribution in [3.63, 3.8) is 0 Å². The van der Waals surface area contributed by atoms with Gasteiger partial charge in [-0.25, -0.2) is 0 Å². The van der Waals surface area contributed by atoms with Gasteiger partial charge < -0.3 is 5.32 Å². The summed E-state index contributed by atoms with van der Waals surface area (Å²) in [7, 11) is 0. The first-order chi connectivity index (χ1) is 7.55. The van der Waals surface area contributed by atoms with Gasteiger partial charge in [0.1, 0.15) is 0 Å². The molecule has 0 saturated heterocycles. The molecule has 0 bridgehead atoms. The number of hydrogen-bond acceptors (Lipinski definition) is 2. The molecular formula is C14H28N2. The number of unbranched alkanes of at least 4 members (excludes halogenated alkanes) is 2. The topological polar surface area (TPSA) is 35.8 Å². The molecule has 0 aromatic heterocycles. The maximum Gasteiger partial charge on any atom is 0.0638 e. The van der Waals surface area contributed by atoms with Crippen LogP contribution < -0.4 is 5.32 Å². The second kappa shape index (κ2) is 8.58. The van der Waals surface area contributed by atoms with Crippen LogP contribution in [0.5, 0.6) is 0 Å². The van der Waals surface area contributed by atoms with Crippen molar-refractivity contribution in [2.75, 3.05) is 6.54 Å². The van der Waals surface area contributed by atoms with Crippen molar-refractivity contribution in [2.45, 2.75) is 72.3 Å². The fourth-order valence-electron chi connectivity index (χ4n) is 1.83. The number of nitrogens with zero attached hydrogens (tertiary/aromatic N) is 1. The fourth-order valence-corrected chi connectivity index (χ4v) is 1.83. The standard InChI is InChI=1S/C14H28N2/c1-5-7-8-10-14(3,4)12-16-13(6-2)9-11-15/h13,16H,5-10,12H2,1-4H3. The highest BCUT2D eigenvalue weighted by atomic mass is 14.9. The van der Waals surface area contributed by atoms with Gasteiger partial charge in [-0.05, 0) is 18.3 Å². The molecule has 2 nitrogen and oxygen atoms in total. The van der Waals surface area contributed by atoms with E-state index in [0.717, 1.165) is 13.0 Å². The SMILES string of the molecule is CCCCCC(C)(C)CNC(CC)CC#N. The molecule has 0 rings (SSSR count). The summed E-state index contributed by atoms with van der Waals surface area (Å²) in [4.78, 5) is 0. The largest absolute Gasteiger partial charge is 0.312 e. The summed E-state index contributed by atoms with van der Waals surface area (Å²) in [5, 5.41) is 12.2. The molecule has 94 valence electrons. The van der Waals surface area contributed by atoms with E-state index in [9.17, 15) is 0 Å². The van der Waals surface area contributed by atoms with E-state index in [0.29, 0.717) is 17.9 Å². The van der Waals surface area contributed by atoms with Crippen molar-refractivity contribution >= 4 is 0 Å². The van der Waals surface area contributed by atoms with Crippen LogP contribution in [-0.4, -0.2) is 12.6 Å². The van der Waals surface area contributed by atoms with E-state index < -0.39 is 0 Å². The Balaban J connectivity index is 3.82. The molecule has 16 heavy (non-hydrogen) atoms. The van der Waals surface area contributed by atoms with Gasteiger partial charge in [0, 0.05) is 12.6 Å². The van der Waals surface area contributed by atoms with Gasteiger partial charge in [0.25, 0.3) is 0 Å². The lowest BCUT2D eigenvalue weighted by molar-refractivity contribution is 0.285. The van der Waals surface area contributed by atoms with Crippen LogP contribution in [0.15, 0.2) is 0 Å². The molecular weight excluding hydrogens is 196 g/mol. The Kier molecular flexibility index (Phi) is 8.29. The van der Waals surface area contributed by atoms with E-state index in [4.69, 9.17) is 5.26 Å². The highest BCUT2D eigenvalue weighted by Crippen LogP contribution is 2.23. The molecule has 0 aliphatic heterocycles. The normalized spacial score (nSPS) is 13.4. The van der Waals surface area contributed by atoms with E-state index >= 15 is 0 Å². The lowest BCUT2D eigenvalue weighted by Crippen LogP contribution is -2.36. The number of nitriles is 1. The summed E-state index contributed by atoms with van der Waals surface area (Å²) in [5.74, 6) is 0. The highest BCUT2D eigenvalue weighted by molar-refractivity contribution is 4.82. The average molecular weight is 224 g/mol. The molecule has 0 amide bonds. The van der Waals surface area contributed by atoms with Crippen LogP contribution in [0.2, 0.25) is 0 Å². The summed E-state index contributed by atoms with van der Waals surface area (Å²) < 4.78 is 0. The van der Waals surface area contributed by atoms with E-state index in [2.05, 4.69) is 39.1 Å². The molecule has 0 fully saturated rings. The third kappa shape index (κ3) is 7.70. The molecule has 0 heterocycles. The first-order valence-electron chi connectivity index (χ1n) is 6.66. The van der Waals surface area contributed by atoms with Crippen LogP contribution in [0.3, 0.4) is 0 Å². The van der Waals surface area contributed by atoms with Gasteiger partial charge in [0.05, 0.1) is 12.5 Å². The zero-order valence-electron chi connectivity index (χ0n) is 11.5. The lowest BCUT2D eigenvalue weighted by atomic mass is 9.86. The third-order valence-corrected chi connectivity index (χ3v) is 3.16. The van der Waals surface area contributed by atoms with Crippen LogP contribution in [0.4, 0.5) is 0 Å². The second-order valence-corrected chi connectivity index (χ2v) is 5.47. The first-order valence-corrected chi connectivity index (χ1v) is 6.66. The molecule has 2 heteroatoms. The van der Waals surface area contributed by atoms with Gasteiger partial charge in [-0.15, -0.1) is 0 Å². The highest BCUT2D eigenvalue weighted by Gasteiger charge is 2.18. The zero-order chi connectivity index (χ0) is 12.4. The Morgan fingerprint density at radius 1 is 1.25 bits per heavy atom. The maximum atomic E-state index is 8.68. The second-order valence-electron chi connectivity index (χ2n) is 5.47. The van der Waals surface area contributed by atoms with Crippen LogP contribution in [0, 0.1) is 16.7 Å². The summed E-state index contributed by atoms with van der Waals surface area (Å²) in [6.45, 7) is 10.0. The van der Waals surface area contributed by atoms with Crippen molar-refractivity contribution in [1.29, 1.82) is 5.26 Å². The predicted molar refractivity (Wildman–Crippen MR) is 70.2 cm³/mol. The minimum absolute atomic E-state index is 0.359. The van der Waals surface area contributed by atoms with Crippen molar-refractivity contribution in [1.82, 2.24) is 5.32 Å². The summed E-state index contributed by atoms with van der Waals surface area (Å²) >= 11 is 0. The number of rotatable bonds is 9. The molecule has 1 N–H and O–H groups in total. The van der Waals surface area contributed by atoms with Gasteiger partial charge in [-0.2, -0.15) is 5.26 Å². The summed E-state index contributed by atoms with van der Waals surface area (Å²) in [5.41, 5.74) is 0.359. The van der Waals surface area contributed by atoms with E-state index in [1.165, 1.54) is 25.7 Å². The molecule has 0 saturated carbocycles. The lowest BCUT2D eigenvalue weighted by Gasteiger charge is -2.27. The molecule has 1 atom stereocenters. The van der Waals surface area contributed by atoms with E-state index in [1.807, 2.05) is 0 Å². The summed E-state index contributed by atoms with van der Waals surface area (Å²) in [6.07, 6.45) is 6.88. The molecule has 0 aromatic carbocycles. The number of nitrogens with one attached hydrogen (secondary N) is 1. The van der Waals surface area contributed by atoms with Gasteiger partial charge in [0.2, 0.25) is 0 Å². The van der Waals surface area contributed by atoms with Gasteiger partial charge in [-0.1, -0.05) is 47.0 Å². The van der Waals surface area contributed by atoms with Crippen LogP contribution in [0.25, 0.3) is 0 Å². The fraction of sp³-hybridized carbons (Fsp3) is 0.929. The summed E-state index contributed by atoms with van der Waals surface area (Å²) in [6, 6.07) is 2.62. The van der Waals surface area contributed by atoms with Crippen LogP contribution >= 0.6 is 0 Å².